The number of aromatic nitrogens is 2. The van der Waals surface area contributed by atoms with Gasteiger partial charge in [-0.1, -0.05) is 60.7 Å². The molecule has 1 aromatic heterocycles. The number of hydrogen-bond acceptors (Lipinski definition) is 4. The standard InChI is InChI=1S/C22H24N4O/c1-22(2,3)24-19-15-14-18(25-26-19)23-21(27)20(16-10-6-4-7-11-16)17-12-8-5-9-13-17/h4-15,20H,1-3H3,(H,24,26)(H,23,25,27). The van der Waals surface area contributed by atoms with Gasteiger partial charge in [0.15, 0.2) is 5.82 Å². The summed E-state index contributed by atoms with van der Waals surface area (Å²) in [5.74, 6) is 0.541. The zero-order valence-corrected chi connectivity index (χ0v) is 15.8. The number of nitrogens with zero attached hydrogens (tertiary/aromatic N) is 2. The van der Waals surface area contributed by atoms with E-state index in [0.29, 0.717) is 11.6 Å². The van der Waals surface area contributed by atoms with Crippen molar-refractivity contribution in [2.75, 3.05) is 10.6 Å². The summed E-state index contributed by atoms with van der Waals surface area (Å²) in [7, 11) is 0. The third kappa shape index (κ3) is 5.14. The van der Waals surface area contributed by atoms with Crippen LogP contribution in [0.5, 0.6) is 0 Å². The first-order valence-electron chi connectivity index (χ1n) is 8.95. The summed E-state index contributed by atoms with van der Waals surface area (Å²) >= 11 is 0. The third-order valence-electron chi connectivity index (χ3n) is 3.95. The Morgan fingerprint density at radius 1 is 0.778 bits per heavy atom. The maximum Gasteiger partial charge on any atom is 0.237 e. The Morgan fingerprint density at radius 2 is 1.26 bits per heavy atom. The molecule has 2 N–H and O–H groups in total. The van der Waals surface area contributed by atoms with Gasteiger partial charge in [0.25, 0.3) is 0 Å². The number of carbonyl (C=O) groups is 1. The van der Waals surface area contributed by atoms with Crippen molar-refractivity contribution in [3.05, 3.63) is 83.9 Å². The van der Waals surface area contributed by atoms with E-state index in [4.69, 9.17) is 0 Å². The Labute approximate surface area is 159 Å². The molecule has 0 unspecified atom stereocenters. The van der Waals surface area contributed by atoms with Crippen LogP contribution in [0.15, 0.2) is 72.8 Å². The summed E-state index contributed by atoms with van der Waals surface area (Å²) in [4.78, 5) is 13.0. The highest BCUT2D eigenvalue weighted by atomic mass is 16.2. The second-order valence-corrected chi connectivity index (χ2v) is 7.42. The van der Waals surface area contributed by atoms with Crippen LogP contribution in [0.3, 0.4) is 0 Å². The van der Waals surface area contributed by atoms with Crippen LogP contribution in [0, 0.1) is 0 Å². The average molecular weight is 360 g/mol. The molecule has 2 aromatic carbocycles. The predicted octanol–water partition coefficient (Wildman–Crippen LogP) is 4.46. The van der Waals surface area contributed by atoms with Crippen LogP contribution in [-0.4, -0.2) is 21.6 Å². The average Bonchev–Trinajstić information content (AvgIpc) is 2.64. The topological polar surface area (TPSA) is 66.9 Å². The van der Waals surface area contributed by atoms with E-state index in [9.17, 15) is 4.79 Å². The van der Waals surface area contributed by atoms with Gasteiger partial charge in [-0.3, -0.25) is 4.79 Å². The molecule has 0 saturated carbocycles. The molecule has 0 bridgehead atoms. The lowest BCUT2D eigenvalue weighted by Gasteiger charge is -2.21. The van der Waals surface area contributed by atoms with Crippen molar-refractivity contribution in [1.29, 1.82) is 0 Å². The lowest BCUT2D eigenvalue weighted by Crippen LogP contribution is -2.27. The maximum atomic E-state index is 13.0. The van der Waals surface area contributed by atoms with Crippen molar-refractivity contribution in [2.24, 2.45) is 0 Å². The molecule has 0 spiro atoms. The number of nitrogens with one attached hydrogen (secondary N) is 2. The van der Waals surface area contributed by atoms with E-state index in [0.717, 1.165) is 11.1 Å². The summed E-state index contributed by atoms with van der Waals surface area (Å²) in [5, 5.41) is 14.4. The van der Waals surface area contributed by atoms with Crippen molar-refractivity contribution >= 4 is 17.5 Å². The first-order valence-corrected chi connectivity index (χ1v) is 8.95. The number of anilines is 2. The van der Waals surface area contributed by atoms with Crippen molar-refractivity contribution < 1.29 is 4.79 Å². The minimum Gasteiger partial charge on any atom is -0.364 e. The zero-order chi connectivity index (χ0) is 19.3. The third-order valence-corrected chi connectivity index (χ3v) is 3.95. The smallest absolute Gasteiger partial charge is 0.237 e. The zero-order valence-electron chi connectivity index (χ0n) is 15.8. The molecule has 3 aromatic rings. The van der Waals surface area contributed by atoms with Gasteiger partial charge in [0.1, 0.15) is 5.82 Å². The fourth-order valence-electron chi connectivity index (χ4n) is 2.83. The monoisotopic (exact) mass is 360 g/mol. The fraction of sp³-hybridized carbons (Fsp3) is 0.227. The van der Waals surface area contributed by atoms with E-state index in [1.165, 1.54) is 0 Å². The van der Waals surface area contributed by atoms with Crippen molar-refractivity contribution in [3.63, 3.8) is 0 Å². The van der Waals surface area contributed by atoms with Gasteiger partial charge in [-0.15, -0.1) is 10.2 Å². The highest BCUT2D eigenvalue weighted by molar-refractivity contribution is 5.97. The molecule has 0 aliphatic carbocycles. The van der Waals surface area contributed by atoms with Gasteiger partial charge in [0.05, 0.1) is 5.92 Å². The lowest BCUT2D eigenvalue weighted by atomic mass is 9.90. The Balaban J connectivity index is 1.81. The van der Waals surface area contributed by atoms with Gasteiger partial charge in [-0.25, -0.2) is 0 Å². The summed E-state index contributed by atoms with van der Waals surface area (Å²) in [6.45, 7) is 6.15. The highest BCUT2D eigenvalue weighted by Crippen LogP contribution is 2.26. The van der Waals surface area contributed by atoms with E-state index < -0.39 is 5.92 Å². The van der Waals surface area contributed by atoms with E-state index in [-0.39, 0.29) is 11.4 Å². The van der Waals surface area contributed by atoms with E-state index in [1.54, 1.807) is 6.07 Å². The molecule has 0 fully saturated rings. The molecule has 0 radical (unpaired) electrons. The number of hydrogen-bond donors (Lipinski definition) is 2. The minimum absolute atomic E-state index is 0.106. The first-order chi connectivity index (χ1) is 12.9. The van der Waals surface area contributed by atoms with Crippen LogP contribution in [0.25, 0.3) is 0 Å². The van der Waals surface area contributed by atoms with Crippen LogP contribution in [-0.2, 0) is 4.79 Å². The molecule has 1 amide bonds. The van der Waals surface area contributed by atoms with Gasteiger partial charge in [0, 0.05) is 5.54 Å². The molecule has 0 atom stereocenters. The Bertz CT molecular complexity index is 832. The molecule has 0 aliphatic heterocycles. The highest BCUT2D eigenvalue weighted by Gasteiger charge is 2.23. The summed E-state index contributed by atoms with van der Waals surface area (Å²) < 4.78 is 0. The molecule has 1 heterocycles. The molecule has 3 rings (SSSR count). The second kappa shape index (κ2) is 7.99. The van der Waals surface area contributed by atoms with Crippen molar-refractivity contribution in [2.45, 2.75) is 32.2 Å². The van der Waals surface area contributed by atoms with Gasteiger partial charge < -0.3 is 10.6 Å². The summed E-state index contributed by atoms with van der Waals surface area (Å²) in [5.41, 5.74) is 1.76. The first kappa shape index (κ1) is 18.6. The van der Waals surface area contributed by atoms with E-state index in [1.807, 2.05) is 66.7 Å². The Kier molecular flexibility index (Phi) is 5.50. The predicted molar refractivity (Wildman–Crippen MR) is 109 cm³/mol. The molecule has 5 heteroatoms. The normalized spacial score (nSPS) is 11.3. The maximum absolute atomic E-state index is 13.0. The number of benzene rings is 2. The van der Waals surface area contributed by atoms with Gasteiger partial charge in [-0.2, -0.15) is 0 Å². The summed E-state index contributed by atoms with van der Waals surface area (Å²) in [6.07, 6.45) is 0. The van der Waals surface area contributed by atoms with Crippen LogP contribution >= 0.6 is 0 Å². The second-order valence-electron chi connectivity index (χ2n) is 7.42. The Morgan fingerprint density at radius 3 is 1.70 bits per heavy atom. The Hall–Kier alpha value is -3.21. The molecular formula is C22H24N4O. The van der Waals surface area contributed by atoms with Crippen LogP contribution in [0.2, 0.25) is 0 Å². The SMILES string of the molecule is CC(C)(C)Nc1ccc(NC(=O)C(c2ccccc2)c2ccccc2)nn1. The van der Waals surface area contributed by atoms with Gasteiger partial charge >= 0.3 is 0 Å². The fourth-order valence-corrected chi connectivity index (χ4v) is 2.83. The van der Waals surface area contributed by atoms with E-state index >= 15 is 0 Å². The van der Waals surface area contributed by atoms with Gasteiger partial charge in [0.2, 0.25) is 5.91 Å². The van der Waals surface area contributed by atoms with Crippen molar-refractivity contribution in [3.8, 4) is 0 Å². The van der Waals surface area contributed by atoms with E-state index in [2.05, 4.69) is 41.6 Å². The minimum atomic E-state index is -0.415. The molecule has 27 heavy (non-hydrogen) atoms. The lowest BCUT2D eigenvalue weighted by molar-refractivity contribution is -0.116. The molecule has 0 saturated heterocycles. The number of amides is 1. The van der Waals surface area contributed by atoms with Gasteiger partial charge in [-0.05, 0) is 44.0 Å². The molecular weight excluding hydrogens is 336 g/mol. The van der Waals surface area contributed by atoms with Crippen LogP contribution in [0.4, 0.5) is 11.6 Å². The number of rotatable bonds is 5. The quantitative estimate of drug-likeness (QED) is 0.705. The van der Waals surface area contributed by atoms with Crippen LogP contribution < -0.4 is 10.6 Å². The largest absolute Gasteiger partial charge is 0.364 e. The molecule has 0 aliphatic rings. The van der Waals surface area contributed by atoms with Crippen molar-refractivity contribution in [1.82, 2.24) is 10.2 Å². The number of carbonyl (C=O) groups excluding carboxylic acids is 1. The summed E-state index contributed by atoms with van der Waals surface area (Å²) in [6, 6.07) is 23.0. The molecule has 138 valence electrons. The van der Waals surface area contributed by atoms with Crippen LogP contribution in [0.1, 0.15) is 37.8 Å². The molecule has 5 nitrogen and oxygen atoms in total.